The third-order valence-electron chi connectivity index (χ3n) is 4.46. The average molecular weight is 542 g/mol. The molecule has 0 spiro atoms. The van der Waals surface area contributed by atoms with Gasteiger partial charge in [-0.15, -0.1) is 0 Å². The number of carboxylic acids is 7. The van der Waals surface area contributed by atoms with Crippen LogP contribution in [0.1, 0.15) is 72.5 Å². The van der Waals surface area contributed by atoms with E-state index in [1.165, 1.54) is 42.5 Å². The molecule has 202 valence electrons. The summed E-state index contributed by atoms with van der Waals surface area (Å²) in [6.07, 6.45) is 0. The first-order valence-electron chi connectivity index (χ1n) is 10.1. The first-order valence-corrected chi connectivity index (χ1v) is 10.1. The van der Waals surface area contributed by atoms with Crippen LogP contribution in [0.25, 0.3) is 0 Å². The van der Waals surface area contributed by atoms with Crippen LogP contribution in [-0.4, -0.2) is 77.5 Å². The summed E-state index contributed by atoms with van der Waals surface area (Å²) in [4.78, 5) is 73.2. The zero-order valence-electron chi connectivity index (χ0n) is 19.3. The molecule has 3 aromatic carbocycles. The van der Waals surface area contributed by atoms with Gasteiger partial charge in [0, 0.05) is 0 Å². The molecule has 0 aliphatic rings. The van der Waals surface area contributed by atoms with Gasteiger partial charge in [-0.1, -0.05) is 6.07 Å². The van der Waals surface area contributed by atoms with Gasteiger partial charge in [0.2, 0.25) is 0 Å². The number of rotatable bonds is 7. The van der Waals surface area contributed by atoms with E-state index in [0.29, 0.717) is 0 Å². The van der Waals surface area contributed by atoms with Gasteiger partial charge in [-0.2, -0.15) is 0 Å². The third kappa shape index (κ3) is 9.49. The van der Waals surface area contributed by atoms with Crippen LogP contribution in [0.15, 0.2) is 66.7 Å². The van der Waals surface area contributed by atoms with E-state index in [4.69, 9.17) is 35.7 Å². The Kier molecular flexibility index (Phi) is 11.0. The molecule has 0 aliphatic carbocycles. The lowest BCUT2D eigenvalue weighted by Gasteiger charge is -2.02. The smallest absolute Gasteiger partial charge is 0.336 e. The predicted molar refractivity (Wildman–Crippen MR) is 128 cm³/mol. The number of aromatic carboxylic acids is 7. The Bertz CT molecular complexity index is 1380. The van der Waals surface area contributed by atoms with E-state index in [9.17, 15) is 33.6 Å². The maximum Gasteiger partial charge on any atom is 0.336 e. The third-order valence-corrected chi connectivity index (χ3v) is 4.46. The van der Waals surface area contributed by atoms with Crippen molar-refractivity contribution in [1.29, 1.82) is 0 Å². The molecule has 7 N–H and O–H groups in total. The van der Waals surface area contributed by atoms with E-state index in [1.54, 1.807) is 0 Å². The van der Waals surface area contributed by atoms with Crippen LogP contribution >= 0.6 is 0 Å². The van der Waals surface area contributed by atoms with Crippen LogP contribution < -0.4 is 0 Å². The molecule has 0 heterocycles. The Morgan fingerprint density at radius 2 is 0.641 bits per heavy atom. The van der Waals surface area contributed by atoms with Crippen molar-refractivity contribution in [2.24, 2.45) is 0 Å². The van der Waals surface area contributed by atoms with Gasteiger partial charge in [-0.3, -0.25) is 0 Å². The molecule has 0 aromatic heterocycles. The van der Waals surface area contributed by atoms with Gasteiger partial charge in [-0.25, -0.2) is 33.6 Å². The van der Waals surface area contributed by atoms with Crippen molar-refractivity contribution in [3.63, 3.8) is 0 Å². The second-order valence-corrected chi connectivity index (χ2v) is 7.05. The van der Waals surface area contributed by atoms with Gasteiger partial charge in [0.15, 0.2) is 0 Å². The van der Waals surface area contributed by atoms with Crippen LogP contribution in [0.2, 0.25) is 0 Å². The molecule has 14 nitrogen and oxygen atoms in total. The van der Waals surface area contributed by atoms with E-state index in [0.717, 1.165) is 24.3 Å². The SMILES string of the molecule is O=C(O)c1ccc(C(=O)O)c(C(=O)O)c1.O=C(O)c1ccc(C(=O)O)cc1.O=C(O)c1cccc(C(=O)O)c1. The number of benzene rings is 3. The Morgan fingerprint density at radius 3 is 0.949 bits per heavy atom. The minimum absolute atomic E-state index is 0.0186. The molecule has 39 heavy (non-hydrogen) atoms. The molecular formula is C25H18O14. The topological polar surface area (TPSA) is 261 Å². The molecule has 0 aliphatic heterocycles. The van der Waals surface area contributed by atoms with Crippen LogP contribution in [0.4, 0.5) is 0 Å². The quantitative estimate of drug-likeness (QED) is 0.226. The summed E-state index contributed by atoms with van der Waals surface area (Å²) in [5.74, 6) is -8.58. The molecule has 0 radical (unpaired) electrons. The van der Waals surface area contributed by atoms with Crippen molar-refractivity contribution in [3.8, 4) is 0 Å². The zero-order valence-corrected chi connectivity index (χ0v) is 19.3. The highest BCUT2D eigenvalue weighted by molar-refractivity contribution is 6.03. The van der Waals surface area contributed by atoms with Crippen molar-refractivity contribution in [1.82, 2.24) is 0 Å². The highest BCUT2D eigenvalue weighted by atomic mass is 16.4. The van der Waals surface area contributed by atoms with E-state index in [1.807, 2.05) is 0 Å². The van der Waals surface area contributed by atoms with Gasteiger partial charge < -0.3 is 35.7 Å². The monoisotopic (exact) mass is 542 g/mol. The summed E-state index contributed by atoms with van der Waals surface area (Å²) >= 11 is 0. The van der Waals surface area contributed by atoms with Crippen LogP contribution in [0.3, 0.4) is 0 Å². The fourth-order valence-electron chi connectivity index (χ4n) is 2.58. The van der Waals surface area contributed by atoms with Gasteiger partial charge in [0.25, 0.3) is 0 Å². The molecule has 0 fully saturated rings. The van der Waals surface area contributed by atoms with Gasteiger partial charge in [-0.05, 0) is 60.7 Å². The Balaban J connectivity index is 0.000000295. The second-order valence-electron chi connectivity index (χ2n) is 7.05. The van der Waals surface area contributed by atoms with Gasteiger partial charge >= 0.3 is 41.8 Å². The van der Waals surface area contributed by atoms with E-state index in [-0.39, 0.29) is 27.8 Å². The summed E-state index contributed by atoms with van der Waals surface area (Å²) in [6.45, 7) is 0. The average Bonchev–Trinajstić information content (AvgIpc) is 2.89. The van der Waals surface area contributed by atoms with Crippen molar-refractivity contribution < 1.29 is 69.3 Å². The van der Waals surface area contributed by atoms with E-state index < -0.39 is 52.9 Å². The molecule has 0 unspecified atom stereocenters. The highest BCUT2D eigenvalue weighted by Gasteiger charge is 2.18. The number of carbonyl (C=O) groups is 7. The van der Waals surface area contributed by atoms with Crippen molar-refractivity contribution in [2.45, 2.75) is 0 Å². The number of carboxylic acid groups (broad SMARTS) is 7. The molecule has 0 amide bonds. The van der Waals surface area contributed by atoms with Crippen molar-refractivity contribution in [3.05, 3.63) is 106 Å². The van der Waals surface area contributed by atoms with Gasteiger partial charge in [0.05, 0.1) is 38.9 Å². The fraction of sp³-hybridized carbons (Fsp3) is 0. The molecule has 0 atom stereocenters. The molecule has 3 aromatic rings. The summed E-state index contributed by atoms with van der Waals surface area (Å²) in [7, 11) is 0. The van der Waals surface area contributed by atoms with Gasteiger partial charge in [0.1, 0.15) is 0 Å². The first kappa shape index (κ1) is 31.0. The first-order chi connectivity index (χ1) is 18.1. The second kappa shape index (κ2) is 13.9. The summed E-state index contributed by atoms with van der Waals surface area (Å²) in [5, 5.41) is 59.8. The molecule has 0 saturated heterocycles. The molecular weight excluding hydrogens is 524 g/mol. The Morgan fingerprint density at radius 1 is 0.333 bits per heavy atom. The van der Waals surface area contributed by atoms with Crippen molar-refractivity contribution >= 4 is 41.8 Å². The minimum Gasteiger partial charge on any atom is -0.478 e. The summed E-state index contributed by atoms with van der Waals surface area (Å²) in [5.41, 5.74) is -1.11. The zero-order chi connectivity index (χ0) is 29.9. The highest BCUT2D eigenvalue weighted by Crippen LogP contribution is 2.12. The Labute approximate surface area is 217 Å². The normalized spacial score (nSPS) is 9.44. The largest absolute Gasteiger partial charge is 0.478 e. The van der Waals surface area contributed by atoms with E-state index >= 15 is 0 Å². The Hall–Kier alpha value is -6.05. The fourth-order valence-corrected chi connectivity index (χ4v) is 2.58. The maximum atomic E-state index is 10.6. The lowest BCUT2D eigenvalue weighted by Crippen LogP contribution is -2.10. The maximum absolute atomic E-state index is 10.6. The number of hydrogen-bond acceptors (Lipinski definition) is 7. The lowest BCUT2D eigenvalue weighted by atomic mass is 10.0. The van der Waals surface area contributed by atoms with Crippen molar-refractivity contribution in [2.75, 3.05) is 0 Å². The molecule has 3 rings (SSSR count). The predicted octanol–water partition coefficient (Wildman–Crippen LogP) is 2.95. The molecule has 0 bridgehead atoms. The standard InChI is InChI=1S/C9H6O6.2C8H6O4/c10-7(11)4-1-2-5(8(12)13)6(3-4)9(14)15;9-7(10)5-1-2-6(4-3-5)8(11)12;9-7(10)5-2-1-3-6(4-5)8(11)12/h1-3H,(H,10,11)(H,12,13)(H,14,15);2*1-4H,(H,9,10)(H,11,12). The lowest BCUT2D eigenvalue weighted by molar-refractivity contribution is 0.0649. The number of hydrogen-bond donors (Lipinski definition) is 7. The summed E-state index contributed by atoms with van der Waals surface area (Å²) < 4.78 is 0. The van der Waals surface area contributed by atoms with Crippen LogP contribution in [0, 0.1) is 0 Å². The van der Waals surface area contributed by atoms with Crippen LogP contribution in [-0.2, 0) is 0 Å². The summed E-state index contributed by atoms with van der Waals surface area (Å²) in [6, 6.07) is 13.0. The molecule has 0 saturated carbocycles. The van der Waals surface area contributed by atoms with E-state index in [2.05, 4.69) is 0 Å². The van der Waals surface area contributed by atoms with Crippen LogP contribution in [0.5, 0.6) is 0 Å². The minimum atomic E-state index is -1.48. The molecule has 14 heteroatoms.